The summed E-state index contributed by atoms with van der Waals surface area (Å²) >= 11 is 1.93. The van der Waals surface area contributed by atoms with Crippen LogP contribution in [-0.2, 0) is 0 Å². The van der Waals surface area contributed by atoms with E-state index in [1.807, 2.05) is 11.3 Å². The molecule has 2 aliphatic carbocycles. The second-order valence-electron chi connectivity index (χ2n) is 6.54. The highest BCUT2D eigenvalue weighted by molar-refractivity contribution is 7.10. The lowest BCUT2D eigenvalue weighted by Gasteiger charge is -2.34. The van der Waals surface area contributed by atoms with Gasteiger partial charge in [0.05, 0.1) is 0 Å². The van der Waals surface area contributed by atoms with Gasteiger partial charge in [-0.1, -0.05) is 6.07 Å². The minimum atomic E-state index is 0.650. The first-order valence-corrected chi connectivity index (χ1v) is 8.81. The smallest absolute Gasteiger partial charge is 0.0445 e. The van der Waals surface area contributed by atoms with Crippen LogP contribution in [0.4, 0.5) is 0 Å². The van der Waals surface area contributed by atoms with Crippen molar-refractivity contribution in [3.63, 3.8) is 0 Å². The van der Waals surface area contributed by atoms with Crippen LogP contribution in [0, 0.1) is 5.92 Å². The van der Waals surface area contributed by atoms with Crippen LogP contribution >= 0.6 is 11.3 Å². The summed E-state index contributed by atoms with van der Waals surface area (Å²) in [5, 5.41) is 6.21. The molecule has 0 radical (unpaired) electrons. The van der Waals surface area contributed by atoms with Crippen molar-refractivity contribution in [1.82, 2.24) is 10.2 Å². The summed E-state index contributed by atoms with van der Waals surface area (Å²) in [7, 11) is 0. The summed E-state index contributed by atoms with van der Waals surface area (Å²) in [5.41, 5.74) is 0. The highest BCUT2D eigenvalue weighted by Gasteiger charge is 2.36. The zero-order valence-corrected chi connectivity index (χ0v) is 12.4. The van der Waals surface area contributed by atoms with Crippen molar-refractivity contribution in [2.24, 2.45) is 5.92 Å². The van der Waals surface area contributed by atoms with Crippen LogP contribution in [0.3, 0.4) is 0 Å². The van der Waals surface area contributed by atoms with Crippen LogP contribution < -0.4 is 5.32 Å². The van der Waals surface area contributed by atoms with E-state index in [1.54, 1.807) is 4.88 Å². The summed E-state index contributed by atoms with van der Waals surface area (Å²) in [6.45, 7) is 2.65. The molecule has 2 nitrogen and oxygen atoms in total. The first-order chi connectivity index (χ1) is 9.40. The molecule has 1 aliphatic heterocycles. The molecule has 2 saturated carbocycles. The second-order valence-corrected chi connectivity index (χ2v) is 7.52. The Kier molecular flexibility index (Phi) is 3.38. The molecule has 2 heterocycles. The third-order valence-corrected chi connectivity index (χ3v) is 5.91. The number of piperidine rings is 1. The number of hydrogen-bond acceptors (Lipinski definition) is 3. The van der Waals surface area contributed by atoms with E-state index in [9.17, 15) is 0 Å². The van der Waals surface area contributed by atoms with Gasteiger partial charge in [0.2, 0.25) is 0 Å². The Morgan fingerprint density at radius 1 is 1.11 bits per heavy atom. The zero-order valence-electron chi connectivity index (χ0n) is 11.6. The van der Waals surface area contributed by atoms with Gasteiger partial charge >= 0.3 is 0 Å². The monoisotopic (exact) mass is 276 g/mol. The van der Waals surface area contributed by atoms with Gasteiger partial charge in [-0.2, -0.15) is 0 Å². The molecule has 1 N–H and O–H groups in total. The van der Waals surface area contributed by atoms with E-state index in [4.69, 9.17) is 0 Å². The lowest BCUT2D eigenvalue weighted by molar-refractivity contribution is 0.181. The van der Waals surface area contributed by atoms with E-state index in [1.165, 1.54) is 51.6 Å². The Morgan fingerprint density at radius 3 is 2.47 bits per heavy atom. The van der Waals surface area contributed by atoms with E-state index in [2.05, 4.69) is 27.7 Å². The lowest BCUT2D eigenvalue weighted by atomic mass is 10.0. The normalized spacial score (nSPS) is 27.6. The molecular formula is C16H24N2S. The quantitative estimate of drug-likeness (QED) is 0.886. The average molecular weight is 276 g/mol. The maximum Gasteiger partial charge on any atom is 0.0445 e. The maximum absolute atomic E-state index is 3.98. The van der Waals surface area contributed by atoms with Gasteiger partial charge in [0.1, 0.15) is 0 Å². The summed E-state index contributed by atoms with van der Waals surface area (Å²) in [6, 6.07) is 6.88. The van der Waals surface area contributed by atoms with E-state index in [-0.39, 0.29) is 0 Å². The average Bonchev–Trinajstić information content (AvgIpc) is 3.36. The van der Waals surface area contributed by atoms with Crippen molar-refractivity contribution in [3.8, 4) is 0 Å². The molecule has 3 heteroatoms. The highest BCUT2D eigenvalue weighted by Crippen LogP contribution is 2.43. The Morgan fingerprint density at radius 2 is 1.89 bits per heavy atom. The van der Waals surface area contributed by atoms with Crippen molar-refractivity contribution in [2.45, 2.75) is 56.7 Å². The molecule has 0 bridgehead atoms. The predicted molar refractivity (Wildman–Crippen MR) is 80.5 cm³/mol. The van der Waals surface area contributed by atoms with Crippen LogP contribution in [0.1, 0.15) is 49.4 Å². The number of rotatable bonds is 5. The van der Waals surface area contributed by atoms with Crippen LogP contribution in [0.15, 0.2) is 17.5 Å². The van der Waals surface area contributed by atoms with Gasteiger partial charge in [0.25, 0.3) is 0 Å². The third-order valence-electron chi connectivity index (χ3n) is 4.95. The van der Waals surface area contributed by atoms with E-state index in [0.29, 0.717) is 6.04 Å². The number of likely N-dealkylation sites (tertiary alicyclic amines) is 1. The maximum atomic E-state index is 3.98. The molecule has 0 amide bonds. The number of nitrogens with one attached hydrogen (secondary N) is 1. The molecule has 1 atom stereocenters. The molecule has 0 aromatic carbocycles. The number of hydrogen-bond donors (Lipinski definition) is 1. The van der Waals surface area contributed by atoms with Gasteiger partial charge in [-0.15, -0.1) is 11.3 Å². The van der Waals surface area contributed by atoms with E-state index >= 15 is 0 Å². The van der Waals surface area contributed by atoms with Gasteiger partial charge in [-0.25, -0.2) is 0 Å². The first kappa shape index (κ1) is 12.4. The van der Waals surface area contributed by atoms with Crippen LogP contribution in [-0.4, -0.2) is 30.1 Å². The van der Waals surface area contributed by atoms with Gasteiger partial charge in [0, 0.05) is 23.0 Å². The predicted octanol–water partition coefficient (Wildman–Crippen LogP) is 3.42. The van der Waals surface area contributed by atoms with Crippen molar-refractivity contribution >= 4 is 11.3 Å². The molecule has 4 rings (SSSR count). The molecule has 0 spiro atoms. The Labute approximate surface area is 120 Å². The molecule has 19 heavy (non-hydrogen) atoms. The van der Waals surface area contributed by atoms with Gasteiger partial charge in [0.15, 0.2) is 0 Å². The van der Waals surface area contributed by atoms with Crippen molar-refractivity contribution in [3.05, 3.63) is 22.4 Å². The first-order valence-electron chi connectivity index (χ1n) is 7.93. The summed E-state index contributed by atoms with van der Waals surface area (Å²) in [5.74, 6) is 0.917. The molecule has 1 aromatic heterocycles. The van der Waals surface area contributed by atoms with Crippen LogP contribution in [0.2, 0.25) is 0 Å². The highest BCUT2D eigenvalue weighted by atomic mass is 32.1. The van der Waals surface area contributed by atoms with E-state index in [0.717, 1.165) is 18.0 Å². The Bertz CT molecular complexity index is 400. The summed E-state index contributed by atoms with van der Waals surface area (Å²) in [6.07, 6.45) is 8.47. The molecule has 1 saturated heterocycles. The fraction of sp³-hybridized carbons (Fsp3) is 0.750. The lowest BCUT2D eigenvalue weighted by Crippen LogP contribution is -2.44. The molecule has 104 valence electrons. The third kappa shape index (κ3) is 2.88. The van der Waals surface area contributed by atoms with Crippen LogP contribution in [0.25, 0.3) is 0 Å². The van der Waals surface area contributed by atoms with Gasteiger partial charge in [-0.05, 0) is 69.0 Å². The van der Waals surface area contributed by atoms with Gasteiger partial charge < -0.3 is 10.2 Å². The standard InChI is InChI=1S/C16H24N2S/c1-2-15(19-11-1)16(12-3-4-12)17-13-7-9-18(10-8-13)14-5-6-14/h1-2,11-14,16-17H,3-10H2. The molecule has 1 aromatic rings. The van der Waals surface area contributed by atoms with Crippen molar-refractivity contribution in [1.29, 1.82) is 0 Å². The summed E-state index contributed by atoms with van der Waals surface area (Å²) in [4.78, 5) is 4.28. The topological polar surface area (TPSA) is 15.3 Å². The zero-order chi connectivity index (χ0) is 12.7. The SMILES string of the molecule is c1csc(C(NC2CCN(C3CC3)CC2)C2CC2)c1. The molecule has 3 fully saturated rings. The van der Waals surface area contributed by atoms with Gasteiger partial charge in [-0.3, -0.25) is 0 Å². The van der Waals surface area contributed by atoms with Crippen molar-refractivity contribution < 1.29 is 0 Å². The fourth-order valence-electron chi connectivity index (χ4n) is 3.47. The van der Waals surface area contributed by atoms with E-state index < -0.39 is 0 Å². The Hall–Kier alpha value is -0.380. The fourth-order valence-corrected chi connectivity index (χ4v) is 4.35. The minimum absolute atomic E-state index is 0.650. The molecular weight excluding hydrogens is 252 g/mol. The van der Waals surface area contributed by atoms with Crippen molar-refractivity contribution in [2.75, 3.05) is 13.1 Å². The number of nitrogens with zero attached hydrogens (tertiary/aromatic N) is 1. The van der Waals surface area contributed by atoms with Crippen LogP contribution in [0.5, 0.6) is 0 Å². The largest absolute Gasteiger partial charge is 0.306 e. The number of thiophene rings is 1. The molecule has 1 unspecified atom stereocenters. The second kappa shape index (κ2) is 5.19. The molecule has 3 aliphatic rings. The summed E-state index contributed by atoms with van der Waals surface area (Å²) < 4.78 is 0. The minimum Gasteiger partial charge on any atom is -0.306 e. The Balaban J connectivity index is 1.34.